The maximum atomic E-state index is 12.7. The maximum absolute atomic E-state index is 12.7. The van der Waals surface area contributed by atoms with Gasteiger partial charge < -0.3 is 19.8 Å². The molecule has 33 heavy (non-hydrogen) atoms. The first kappa shape index (κ1) is 22.2. The van der Waals surface area contributed by atoms with Crippen LogP contribution in [-0.4, -0.2) is 31.4 Å². The molecule has 0 radical (unpaired) electrons. The average molecular weight is 469 g/mol. The molecular formula is C22H21ClN6O4. The lowest BCUT2D eigenvalue weighted by Crippen LogP contribution is -2.26. The first-order valence-corrected chi connectivity index (χ1v) is 10.3. The van der Waals surface area contributed by atoms with Crippen molar-refractivity contribution >= 4 is 29.1 Å². The SMILES string of the molecule is Cn1cc(CNC(=O)c2c(NC(=O)c3ccc(COc4cccc(Cl)c4)o3)cnn2C)cn1. The molecule has 3 heterocycles. The van der Waals surface area contributed by atoms with E-state index in [4.69, 9.17) is 20.8 Å². The van der Waals surface area contributed by atoms with Crippen molar-refractivity contribution in [1.29, 1.82) is 0 Å². The minimum atomic E-state index is -0.515. The molecule has 4 rings (SSSR count). The number of ether oxygens (including phenoxy) is 1. The van der Waals surface area contributed by atoms with E-state index in [1.54, 1.807) is 61.5 Å². The van der Waals surface area contributed by atoms with E-state index >= 15 is 0 Å². The van der Waals surface area contributed by atoms with Crippen LogP contribution in [0.5, 0.6) is 5.75 Å². The van der Waals surface area contributed by atoms with Crippen molar-refractivity contribution in [2.24, 2.45) is 14.1 Å². The summed E-state index contributed by atoms with van der Waals surface area (Å²) in [5, 5.41) is 14.2. The minimum absolute atomic E-state index is 0.0743. The summed E-state index contributed by atoms with van der Waals surface area (Å²) < 4.78 is 14.2. The Balaban J connectivity index is 1.38. The predicted molar refractivity (Wildman–Crippen MR) is 120 cm³/mol. The molecule has 0 saturated heterocycles. The highest BCUT2D eigenvalue weighted by atomic mass is 35.5. The summed E-state index contributed by atoms with van der Waals surface area (Å²) in [6.45, 7) is 0.419. The average Bonchev–Trinajstić information content (AvgIpc) is 3.51. The number of amides is 2. The number of nitrogens with one attached hydrogen (secondary N) is 2. The Bertz CT molecular complexity index is 1290. The third kappa shape index (κ3) is 5.42. The number of aryl methyl sites for hydroxylation is 2. The van der Waals surface area contributed by atoms with E-state index in [0.29, 0.717) is 23.1 Å². The Morgan fingerprint density at radius 3 is 2.73 bits per heavy atom. The quantitative estimate of drug-likeness (QED) is 0.410. The van der Waals surface area contributed by atoms with Crippen LogP contribution in [0.3, 0.4) is 0 Å². The van der Waals surface area contributed by atoms with Crippen LogP contribution in [0.4, 0.5) is 5.69 Å². The van der Waals surface area contributed by atoms with Gasteiger partial charge >= 0.3 is 0 Å². The summed E-state index contributed by atoms with van der Waals surface area (Å²) in [4.78, 5) is 25.4. The van der Waals surface area contributed by atoms with E-state index < -0.39 is 5.91 Å². The zero-order chi connectivity index (χ0) is 23.4. The van der Waals surface area contributed by atoms with Gasteiger partial charge in [0.15, 0.2) is 5.76 Å². The van der Waals surface area contributed by atoms with Crippen molar-refractivity contribution in [1.82, 2.24) is 24.9 Å². The van der Waals surface area contributed by atoms with Crippen LogP contribution in [0.1, 0.15) is 32.4 Å². The maximum Gasteiger partial charge on any atom is 0.291 e. The van der Waals surface area contributed by atoms with Crippen molar-refractivity contribution in [3.63, 3.8) is 0 Å². The van der Waals surface area contributed by atoms with Crippen LogP contribution in [0.15, 0.2) is 59.4 Å². The summed E-state index contributed by atoms with van der Waals surface area (Å²) >= 11 is 5.94. The lowest BCUT2D eigenvalue weighted by atomic mass is 10.3. The first-order valence-electron chi connectivity index (χ1n) is 9.95. The number of halogens is 1. The molecule has 10 nitrogen and oxygen atoms in total. The van der Waals surface area contributed by atoms with Gasteiger partial charge in [-0.15, -0.1) is 0 Å². The molecule has 0 spiro atoms. The van der Waals surface area contributed by atoms with Gasteiger partial charge in [0, 0.05) is 37.4 Å². The van der Waals surface area contributed by atoms with Gasteiger partial charge in [-0.1, -0.05) is 17.7 Å². The molecular weight excluding hydrogens is 448 g/mol. The molecule has 0 atom stereocenters. The van der Waals surface area contributed by atoms with Crippen LogP contribution in [-0.2, 0) is 27.2 Å². The summed E-state index contributed by atoms with van der Waals surface area (Å²) in [5.74, 6) is 0.218. The highest BCUT2D eigenvalue weighted by Crippen LogP contribution is 2.20. The number of furan rings is 1. The van der Waals surface area contributed by atoms with Gasteiger partial charge in [-0.05, 0) is 30.3 Å². The van der Waals surface area contributed by atoms with E-state index in [1.807, 2.05) is 0 Å². The number of anilines is 1. The predicted octanol–water partition coefficient (Wildman–Crippen LogP) is 3.16. The topological polar surface area (TPSA) is 116 Å². The highest BCUT2D eigenvalue weighted by Gasteiger charge is 2.20. The fraction of sp³-hybridized carbons (Fsp3) is 0.182. The molecule has 0 aliphatic heterocycles. The zero-order valence-electron chi connectivity index (χ0n) is 17.9. The van der Waals surface area contributed by atoms with Crippen LogP contribution in [0, 0.1) is 0 Å². The number of rotatable bonds is 8. The van der Waals surface area contributed by atoms with Crippen LogP contribution >= 0.6 is 11.6 Å². The fourth-order valence-corrected chi connectivity index (χ4v) is 3.28. The van der Waals surface area contributed by atoms with Crippen molar-refractivity contribution in [2.75, 3.05) is 5.32 Å². The van der Waals surface area contributed by atoms with Gasteiger partial charge in [-0.3, -0.25) is 19.0 Å². The third-order valence-electron chi connectivity index (χ3n) is 4.68. The molecule has 2 amide bonds. The Hall–Kier alpha value is -4.05. The Labute approximate surface area is 194 Å². The lowest BCUT2D eigenvalue weighted by molar-refractivity contribution is 0.0942. The zero-order valence-corrected chi connectivity index (χ0v) is 18.7. The first-order chi connectivity index (χ1) is 15.9. The summed E-state index contributed by atoms with van der Waals surface area (Å²) in [6, 6.07) is 10.1. The molecule has 2 N–H and O–H groups in total. The summed E-state index contributed by atoms with van der Waals surface area (Å²) in [7, 11) is 3.41. The third-order valence-corrected chi connectivity index (χ3v) is 4.91. The second-order valence-electron chi connectivity index (χ2n) is 7.20. The van der Waals surface area contributed by atoms with E-state index in [-0.39, 0.29) is 29.7 Å². The highest BCUT2D eigenvalue weighted by molar-refractivity contribution is 6.30. The molecule has 0 fully saturated rings. The summed E-state index contributed by atoms with van der Waals surface area (Å²) in [5.41, 5.74) is 1.32. The largest absolute Gasteiger partial charge is 0.486 e. The number of hydrogen-bond acceptors (Lipinski definition) is 6. The Morgan fingerprint density at radius 1 is 1.12 bits per heavy atom. The number of benzene rings is 1. The van der Waals surface area contributed by atoms with E-state index in [0.717, 1.165) is 5.56 Å². The van der Waals surface area contributed by atoms with Crippen LogP contribution < -0.4 is 15.4 Å². The van der Waals surface area contributed by atoms with Crippen LogP contribution in [0.25, 0.3) is 0 Å². The van der Waals surface area contributed by atoms with E-state index in [1.165, 1.54) is 16.9 Å². The molecule has 0 aliphatic carbocycles. The monoisotopic (exact) mass is 468 g/mol. The normalized spacial score (nSPS) is 10.8. The molecule has 170 valence electrons. The van der Waals surface area contributed by atoms with Gasteiger partial charge in [0.05, 0.1) is 18.1 Å². The second kappa shape index (κ2) is 9.61. The minimum Gasteiger partial charge on any atom is -0.486 e. The van der Waals surface area contributed by atoms with Crippen molar-refractivity contribution in [2.45, 2.75) is 13.2 Å². The molecule has 11 heteroatoms. The molecule has 0 unspecified atom stereocenters. The molecule has 4 aromatic rings. The van der Waals surface area contributed by atoms with Crippen molar-refractivity contribution in [3.05, 3.63) is 82.8 Å². The number of carbonyl (C=O) groups excluding carboxylic acids is 2. The summed E-state index contributed by atoms with van der Waals surface area (Å²) in [6.07, 6.45) is 4.87. The van der Waals surface area contributed by atoms with Gasteiger partial charge in [0.2, 0.25) is 0 Å². The van der Waals surface area contributed by atoms with Gasteiger partial charge in [-0.25, -0.2) is 0 Å². The van der Waals surface area contributed by atoms with E-state index in [9.17, 15) is 9.59 Å². The Morgan fingerprint density at radius 2 is 1.97 bits per heavy atom. The number of hydrogen-bond donors (Lipinski definition) is 2. The molecule has 3 aromatic heterocycles. The molecule has 0 bridgehead atoms. The number of aromatic nitrogens is 4. The molecule has 0 aliphatic rings. The van der Waals surface area contributed by atoms with Gasteiger partial charge in [0.1, 0.15) is 23.8 Å². The number of nitrogens with zero attached hydrogens (tertiary/aromatic N) is 4. The van der Waals surface area contributed by atoms with Gasteiger partial charge in [-0.2, -0.15) is 10.2 Å². The Kier molecular flexibility index (Phi) is 6.45. The van der Waals surface area contributed by atoms with Crippen molar-refractivity contribution in [3.8, 4) is 5.75 Å². The molecule has 1 aromatic carbocycles. The lowest BCUT2D eigenvalue weighted by Gasteiger charge is -2.08. The van der Waals surface area contributed by atoms with E-state index in [2.05, 4.69) is 20.8 Å². The standard InChI is InChI=1S/C22H21ClN6O4/c1-28-12-14(10-25-28)9-24-22(31)20-18(11-26-29(20)2)27-21(30)19-7-6-17(33-19)13-32-16-5-3-4-15(23)8-16/h3-8,10-12H,9,13H2,1-2H3,(H,24,31)(H,27,30). The van der Waals surface area contributed by atoms with Gasteiger partial charge in [0.25, 0.3) is 11.8 Å². The smallest absolute Gasteiger partial charge is 0.291 e. The second-order valence-corrected chi connectivity index (χ2v) is 7.64. The number of carbonyl (C=O) groups is 2. The molecule has 0 saturated carbocycles. The van der Waals surface area contributed by atoms with Crippen molar-refractivity contribution < 1.29 is 18.7 Å². The fourth-order valence-electron chi connectivity index (χ4n) is 3.10. The van der Waals surface area contributed by atoms with Crippen LogP contribution in [0.2, 0.25) is 5.02 Å².